The van der Waals surface area contributed by atoms with E-state index in [1.807, 2.05) is 0 Å². The van der Waals surface area contributed by atoms with Gasteiger partial charge in [0.2, 0.25) is 0 Å². The molecule has 0 bridgehead atoms. The smallest absolute Gasteiger partial charge is 0.218 e. The van der Waals surface area contributed by atoms with Crippen LogP contribution in [0.15, 0.2) is 12.1 Å². The molecular formula is C14H11Cl2F7S. The summed E-state index contributed by atoms with van der Waals surface area (Å²) < 4.78 is 90.5. The number of benzene rings is 1. The van der Waals surface area contributed by atoms with Crippen LogP contribution in [0.5, 0.6) is 0 Å². The lowest BCUT2D eigenvalue weighted by molar-refractivity contribution is -0.348. The van der Waals surface area contributed by atoms with E-state index in [4.69, 9.17) is 23.2 Å². The van der Waals surface area contributed by atoms with Crippen LogP contribution in [-0.2, 0) is 5.67 Å². The first-order valence-corrected chi connectivity index (χ1v) is 9.65. The van der Waals surface area contributed by atoms with E-state index in [1.54, 1.807) is 18.8 Å². The minimum absolute atomic E-state index is 0.156. The minimum atomic E-state index is -6.24. The summed E-state index contributed by atoms with van der Waals surface area (Å²) >= 11 is 11.4. The zero-order valence-electron chi connectivity index (χ0n) is 12.5. The summed E-state index contributed by atoms with van der Waals surface area (Å²) in [5.41, 5.74) is -7.49. The highest BCUT2D eigenvalue weighted by atomic mass is 35.5. The van der Waals surface area contributed by atoms with E-state index in [2.05, 4.69) is 11.2 Å². The van der Waals surface area contributed by atoms with Crippen LogP contribution in [-0.4, -0.2) is 31.1 Å². The lowest BCUT2D eigenvalue weighted by Gasteiger charge is -2.30. The molecule has 0 N–H and O–H groups in total. The number of hydrogen-bond donors (Lipinski definition) is 0. The summed E-state index contributed by atoms with van der Waals surface area (Å²) in [4.78, 5) is 0. The van der Waals surface area contributed by atoms with Gasteiger partial charge in [-0.3, -0.25) is 0 Å². The van der Waals surface area contributed by atoms with Crippen molar-refractivity contribution in [3.63, 3.8) is 0 Å². The van der Waals surface area contributed by atoms with Crippen molar-refractivity contribution in [2.45, 2.75) is 18.0 Å². The quantitative estimate of drug-likeness (QED) is 0.374. The van der Waals surface area contributed by atoms with Crippen LogP contribution in [0, 0.1) is 11.2 Å². The monoisotopic (exact) mass is 414 g/mol. The molecule has 0 radical (unpaired) electrons. The Morgan fingerprint density at radius 2 is 1.21 bits per heavy atom. The molecule has 0 unspecified atom stereocenters. The molecule has 0 fully saturated rings. The van der Waals surface area contributed by atoms with Gasteiger partial charge < -0.3 is 0 Å². The Balaban J connectivity index is 3.61. The third-order valence-corrected chi connectivity index (χ3v) is 4.01. The summed E-state index contributed by atoms with van der Waals surface area (Å²) in [6, 6.07) is 0.493. The zero-order chi connectivity index (χ0) is 19.1. The van der Waals surface area contributed by atoms with Gasteiger partial charge in [0, 0.05) is 5.56 Å². The van der Waals surface area contributed by atoms with Crippen molar-refractivity contribution >= 4 is 33.2 Å². The molecule has 0 amide bonds. The number of alkyl halides is 7. The predicted molar refractivity (Wildman–Crippen MR) is 83.6 cm³/mol. The zero-order valence-corrected chi connectivity index (χ0v) is 14.8. The van der Waals surface area contributed by atoms with E-state index >= 15 is 0 Å². The Bertz CT molecular complexity index is 653. The molecule has 0 atom stereocenters. The fourth-order valence-corrected chi connectivity index (χ4v) is 2.57. The third-order valence-electron chi connectivity index (χ3n) is 2.70. The highest BCUT2D eigenvalue weighted by molar-refractivity contribution is 8.35. The first-order valence-electron chi connectivity index (χ1n) is 6.03. The maximum Gasteiger partial charge on any atom is 0.435 e. The number of halogens is 9. The van der Waals surface area contributed by atoms with E-state index in [-0.39, 0.29) is 17.7 Å². The molecule has 1 aromatic rings. The van der Waals surface area contributed by atoms with E-state index in [0.717, 1.165) is 0 Å². The Hall–Kier alpha value is -0.780. The van der Waals surface area contributed by atoms with Crippen molar-refractivity contribution in [3.05, 3.63) is 33.3 Å². The van der Waals surface area contributed by atoms with Gasteiger partial charge in [0.1, 0.15) is 0 Å². The van der Waals surface area contributed by atoms with Crippen molar-refractivity contribution in [2.75, 3.05) is 18.8 Å². The Morgan fingerprint density at radius 3 is 1.50 bits per heavy atom. The van der Waals surface area contributed by atoms with Gasteiger partial charge in [-0.1, -0.05) is 29.1 Å². The molecule has 0 aliphatic rings. The molecule has 10 heteroatoms. The molecule has 0 aromatic heterocycles. The van der Waals surface area contributed by atoms with Crippen LogP contribution < -0.4 is 0 Å². The summed E-state index contributed by atoms with van der Waals surface area (Å²) in [5.74, 6) is 2.52. The van der Waals surface area contributed by atoms with E-state index in [9.17, 15) is 30.7 Å². The Kier molecular flexibility index (Phi) is 5.76. The van der Waals surface area contributed by atoms with E-state index < -0.39 is 43.7 Å². The topological polar surface area (TPSA) is 0 Å². The second kappa shape index (κ2) is 6.50. The summed E-state index contributed by atoms with van der Waals surface area (Å²) in [6.07, 6.45) is -7.07. The predicted octanol–water partition coefficient (Wildman–Crippen LogP) is 6.29. The van der Waals surface area contributed by atoms with Gasteiger partial charge in [0.25, 0.3) is 0 Å². The van der Waals surface area contributed by atoms with Gasteiger partial charge in [0.05, 0.1) is 15.6 Å². The van der Waals surface area contributed by atoms with Gasteiger partial charge >= 0.3 is 18.0 Å². The van der Waals surface area contributed by atoms with Crippen LogP contribution in [0.3, 0.4) is 0 Å². The molecule has 24 heavy (non-hydrogen) atoms. The van der Waals surface area contributed by atoms with Crippen molar-refractivity contribution < 1.29 is 30.7 Å². The Labute approximate surface area is 145 Å². The number of hydrogen-bond acceptors (Lipinski definition) is 0. The molecule has 0 nitrogen and oxygen atoms in total. The summed E-state index contributed by atoms with van der Waals surface area (Å²) in [6.45, 7) is 0. The molecule has 1 aromatic carbocycles. The summed E-state index contributed by atoms with van der Waals surface area (Å²) in [7, 11) is -1.35. The molecule has 0 aliphatic heterocycles. The van der Waals surface area contributed by atoms with Gasteiger partial charge in [-0.05, 0) is 36.2 Å². The van der Waals surface area contributed by atoms with Crippen LogP contribution in [0.25, 0.3) is 0 Å². The summed E-state index contributed by atoms with van der Waals surface area (Å²) in [5, 5.41) is 1.58. The third kappa shape index (κ3) is 4.24. The lowest BCUT2D eigenvalue weighted by Crippen LogP contribution is -2.50. The second-order valence-corrected chi connectivity index (χ2v) is 10.2. The molecule has 0 heterocycles. The Morgan fingerprint density at radius 1 is 0.833 bits per heavy atom. The molecular weight excluding hydrogens is 404 g/mol. The average Bonchev–Trinajstić information content (AvgIpc) is 2.32. The average molecular weight is 415 g/mol. The second-order valence-electron chi connectivity index (χ2n) is 5.53. The molecule has 0 saturated carbocycles. The fraction of sp³-hybridized carbons (Fsp3) is 0.429. The van der Waals surface area contributed by atoms with Gasteiger partial charge in [-0.15, -0.1) is 0 Å². The minimum Gasteiger partial charge on any atom is -0.218 e. The lowest BCUT2D eigenvalue weighted by atomic mass is 9.93. The fourth-order valence-electron chi connectivity index (χ4n) is 1.58. The van der Waals surface area contributed by atoms with Crippen LogP contribution in [0.1, 0.15) is 11.1 Å². The van der Waals surface area contributed by atoms with Gasteiger partial charge in [0.15, 0.2) is 0 Å². The molecule has 0 spiro atoms. The number of rotatable bonds is 1. The molecule has 0 aliphatic carbocycles. The maximum atomic E-state index is 14.0. The van der Waals surface area contributed by atoms with Crippen LogP contribution >= 0.6 is 33.2 Å². The van der Waals surface area contributed by atoms with Crippen LogP contribution in [0.4, 0.5) is 30.7 Å². The van der Waals surface area contributed by atoms with E-state index in [1.165, 1.54) is 0 Å². The molecule has 1 rings (SSSR count). The van der Waals surface area contributed by atoms with Crippen molar-refractivity contribution in [1.29, 1.82) is 0 Å². The highest BCUT2D eigenvalue weighted by Gasteiger charge is 2.73. The standard InChI is InChI=1S/C14H11Cl2F7S/c1-24(2,3)5-4-9-10(15)6-8(7-11(9)16)12(17,13(18,19)20)14(21,22)23/h6-7H,1-3H3. The molecule has 136 valence electrons. The largest absolute Gasteiger partial charge is 0.435 e. The first kappa shape index (κ1) is 21.3. The van der Waals surface area contributed by atoms with Gasteiger partial charge in [-0.2, -0.15) is 36.4 Å². The molecule has 0 saturated heterocycles. The first-order chi connectivity index (χ1) is 10.5. The highest BCUT2D eigenvalue weighted by Crippen LogP contribution is 2.54. The van der Waals surface area contributed by atoms with Crippen molar-refractivity contribution in [3.8, 4) is 11.2 Å². The SMILES string of the molecule is CS(C)(C)C#Cc1c(Cl)cc(C(F)(C(F)(F)F)C(F)(F)F)cc1Cl. The van der Waals surface area contributed by atoms with Crippen molar-refractivity contribution in [2.24, 2.45) is 0 Å². The van der Waals surface area contributed by atoms with Crippen molar-refractivity contribution in [1.82, 2.24) is 0 Å². The maximum absolute atomic E-state index is 14.0. The van der Waals surface area contributed by atoms with E-state index in [0.29, 0.717) is 0 Å². The van der Waals surface area contributed by atoms with Crippen LogP contribution in [0.2, 0.25) is 10.0 Å². The van der Waals surface area contributed by atoms with Gasteiger partial charge in [-0.25, -0.2) is 4.39 Å². The normalized spacial score (nSPS) is 14.2.